The summed E-state index contributed by atoms with van der Waals surface area (Å²) in [5.74, 6) is 1.36. The van der Waals surface area contributed by atoms with Crippen LogP contribution in [0.1, 0.15) is 23.6 Å². The minimum atomic E-state index is -0.110. The number of benzene rings is 2. The Hall–Kier alpha value is -3.21. The Kier molecular flexibility index (Phi) is 5.81. The third kappa shape index (κ3) is 4.50. The molecule has 0 aliphatic rings. The van der Waals surface area contributed by atoms with Gasteiger partial charge in [0.15, 0.2) is 0 Å². The summed E-state index contributed by atoms with van der Waals surface area (Å²) in [6.07, 6.45) is 4.24. The summed E-state index contributed by atoms with van der Waals surface area (Å²) in [5.41, 5.74) is 2.78. The summed E-state index contributed by atoms with van der Waals surface area (Å²) < 4.78 is 12.6. The lowest BCUT2D eigenvalue weighted by Gasteiger charge is -2.20. The Balaban J connectivity index is 1.82. The Morgan fingerprint density at radius 2 is 1.74 bits per heavy atom. The number of hydrogen-bond acceptors (Lipinski definition) is 3. The summed E-state index contributed by atoms with van der Waals surface area (Å²) in [6.45, 7) is 1.98. The highest BCUT2D eigenvalue weighted by Gasteiger charge is 2.18. The number of rotatable bonds is 7. The maximum atomic E-state index is 12.8. The molecule has 0 fully saturated rings. The normalized spacial score (nSPS) is 11.7. The summed E-state index contributed by atoms with van der Waals surface area (Å²) in [6, 6.07) is 17.3. The van der Waals surface area contributed by atoms with Crippen LogP contribution >= 0.6 is 0 Å². The first-order valence-corrected chi connectivity index (χ1v) is 8.81. The summed E-state index contributed by atoms with van der Waals surface area (Å²) in [5, 5.41) is 2.99. The van der Waals surface area contributed by atoms with Crippen molar-refractivity contribution in [3.63, 3.8) is 0 Å². The highest BCUT2D eigenvalue weighted by Crippen LogP contribution is 2.28. The van der Waals surface area contributed by atoms with Crippen molar-refractivity contribution in [1.29, 1.82) is 0 Å². The molecule has 5 heteroatoms. The molecule has 27 heavy (non-hydrogen) atoms. The lowest BCUT2D eigenvalue weighted by molar-refractivity contribution is -0.116. The number of nitrogens with one attached hydrogen (secondary N) is 1. The maximum Gasteiger partial charge on any atom is 0.226 e. The van der Waals surface area contributed by atoms with E-state index in [1.165, 1.54) is 0 Å². The quantitative estimate of drug-likeness (QED) is 0.675. The zero-order valence-electron chi connectivity index (χ0n) is 15.8. The van der Waals surface area contributed by atoms with E-state index < -0.39 is 0 Å². The van der Waals surface area contributed by atoms with Crippen molar-refractivity contribution >= 4 is 11.6 Å². The first-order chi connectivity index (χ1) is 13.1. The molecule has 3 rings (SSSR count). The van der Waals surface area contributed by atoms with Gasteiger partial charge in [0.1, 0.15) is 11.5 Å². The van der Waals surface area contributed by atoms with Gasteiger partial charge in [-0.25, -0.2) is 0 Å². The van der Waals surface area contributed by atoms with Gasteiger partial charge in [-0.15, -0.1) is 0 Å². The molecule has 5 nitrogen and oxygen atoms in total. The second-order valence-electron chi connectivity index (χ2n) is 6.38. The van der Waals surface area contributed by atoms with Gasteiger partial charge >= 0.3 is 0 Å². The number of methoxy groups -OCH3 is 2. The zero-order valence-corrected chi connectivity index (χ0v) is 15.8. The summed E-state index contributed by atoms with van der Waals surface area (Å²) in [7, 11) is 3.24. The molecular formula is C22H24N2O3. The fourth-order valence-corrected chi connectivity index (χ4v) is 3.07. The lowest BCUT2D eigenvalue weighted by Crippen LogP contribution is -2.20. The van der Waals surface area contributed by atoms with Crippen LogP contribution < -0.4 is 14.8 Å². The molecule has 0 saturated heterocycles. The molecule has 140 valence electrons. The Labute approximate surface area is 159 Å². The first-order valence-electron chi connectivity index (χ1n) is 8.81. The van der Waals surface area contributed by atoms with E-state index in [1.807, 2.05) is 78.5 Å². The molecule has 3 aromatic rings. The van der Waals surface area contributed by atoms with Crippen LogP contribution in [0.2, 0.25) is 0 Å². The van der Waals surface area contributed by atoms with Crippen LogP contribution in [0.25, 0.3) is 0 Å². The van der Waals surface area contributed by atoms with Crippen LogP contribution in [-0.2, 0) is 4.79 Å². The van der Waals surface area contributed by atoms with Gasteiger partial charge in [-0.1, -0.05) is 18.2 Å². The van der Waals surface area contributed by atoms with Crippen LogP contribution in [0, 0.1) is 6.92 Å². The predicted molar refractivity (Wildman–Crippen MR) is 107 cm³/mol. The van der Waals surface area contributed by atoms with E-state index in [0.29, 0.717) is 17.9 Å². The number of aromatic nitrogens is 1. The van der Waals surface area contributed by atoms with Crippen molar-refractivity contribution in [2.75, 3.05) is 19.5 Å². The molecule has 1 N–H and O–H groups in total. The van der Waals surface area contributed by atoms with Gasteiger partial charge in [0, 0.05) is 12.4 Å². The van der Waals surface area contributed by atoms with Crippen LogP contribution in [0.4, 0.5) is 5.69 Å². The van der Waals surface area contributed by atoms with Gasteiger partial charge in [-0.05, 0) is 54.4 Å². The van der Waals surface area contributed by atoms with Crippen molar-refractivity contribution < 1.29 is 14.3 Å². The molecule has 1 aromatic heterocycles. The molecule has 0 aliphatic carbocycles. The van der Waals surface area contributed by atoms with E-state index >= 15 is 0 Å². The van der Waals surface area contributed by atoms with Gasteiger partial charge in [0.05, 0.1) is 32.4 Å². The molecule has 0 aliphatic heterocycles. The second-order valence-corrected chi connectivity index (χ2v) is 6.38. The van der Waals surface area contributed by atoms with E-state index in [4.69, 9.17) is 9.47 Å². The van der Waals surface area contributed by atoms with E-state index in [2.05, 4.69) is 5.32 Å². The molecule has 0 spiro atoms. The minimum Gasteiger partial charge on any atom is -0.497 e. The van der Waals surface area contributed by atoms with E-state index in [1.54, 1.807) is 14.2 Å². The first kappa shape index (κ1) is 18.6. The molecule has 0 saturated carbocycles. The number of aryl methyl sites for hydroxylation is 1. The van der Waals surface area contributed by atoms with E-state index in [-0.39, 0.29) is 11.9 Å². The monoisotopic (exact) mass is 364 g/mol. The highest BCUT2D eigenvalue weighted by molar-refractivity contribution is 5.92. The highest BCUT2D eigenvalue weighted by atomic mass is 16.5. The van der Waals surface area contributed by atoms with Gasteiger partial charge in [0.2, 0.25) is 5.91 Å². The molecule has 1 heterocycles. The zero-order chi connectivity index (χ0) is 19.2. The minimum absolute atomic E-state index is 0.0755. The average molecular weight is 364 g/mol. The topological polar surface area (TPSA) is 52.5 Å². The predicted octanol–water partition coefficient (Wildman–Crippen LogP) is 4.43. The summed E-state index contributed by atoms with van der Waals surface area (Å²) >= 11 is 0. The molecular weight excluding hydrogens is 340 g/mol. The van der Waals surface area contributed by atoms with Gasteiger partial charge in [-0.3, -0.25) is 4.79 Å². The van der Waals surface area contributed by atoms with Crippen molar-refractivity contribution in [1.82, 2.24) is 4.57 Å². The van der Waals surface area contributed by atoms with Crippen LogP contribution in [-0.4, -0.2) is 24.7 Å². The van der Waals surface area contributed by atoms with Crippen LogP contribution in [0.15, 0.2) is 67.0 Å². The molecule has 0 bridgehead atoms. The molecule has 1 atom stereocenters. The van der Waals surface area contributed by atoms with Crippen LogP contribution in [0.5, 0.6) is 11.5 Å². The number of ether oxygens (including phenoxy) is 2. The molecule has 2 aromatic carbocycles. The lowest BCUT2D eigenvalue weighted by atomic mass is 10.0. The molecule has 1 amide bonds. The summed E-state index contributed by atoms with van der Waals surface area (Å²) in [4.78, 5) is 12.8. The standard InChI is InChI=1S/C22H24N2O3/c1-16-6-11-21(27-3)19(14-16)23-22(25)15-20(24-12-4-5-13-24)17-7-9-18(26-2)10-8-17/h4-14,20H,15H2,1-3H3,(H,23,25)/t20-/m1/s1. The fraction of sp³-hybridized carbons (Fsp3) is 0.227. The number of carbonyl (C=O) groups is 1. The van der Waals surface area contributed by atoms with Crippen LogP contribution in [0.3, 0.4) is 0 Å². The van der Waals surface area contributed by atoms with Gasteiger partial charge < -0.3 is 19.4 Å². The van der Waals surface area contributed by atoms with E-state index in [0.717, 1.165) is 16.9 Å². The van der Waals surface area contributed by atoms with E-state index in [9.17, 15) is 4.79 Å². The largest absolute Gasteiger partial charge is 0.497 e. The van der Waals surface area contributed by atoms with Crippen molar-refractivity contribution in [2.24, 2.45) is 0 Å². The number of hydrogen-bond donors (Lipinski definition) is 1. The fourth-order valence-electron chi connectivity index (χ4n) is 3.07. The average Bonchev–Trinajstić information content (AvgIpc) is 3.21. The maximum absolute atomic E-state index is 12.8. The SMILES string of the molecule is COc1ccc([C@@H](CC(=O)Nc2cc(C)ccc2OC)n2cccc2)cc1. The Morgan fingerprint density at radius 1 is 1.04 bits per heavy atom. The van der Waals surface area contributed by atoms with Crippen molar-refractivity contribution in [3.8, 4) is 11.5 Å². The Bertz CT molecular complexity index is 886. The Morgan fingerprint density at radius 3 is 2.37 bits per heavy atom. The smallest absolute Gasteiger partial charge is 0.226 e. The number of carbonyl (C=O) groups excluding carboxylic acids is 1. The van der Waals surface area contributed by atoms with Crippen molar-refractivity contribution in [2.45, 2.75) is 19.4 Å². The van der Waals surface area contributed by atoms with Crippen molar-refractivity contribution in [3.05, 3.63) is 78.1 Å². The molecule has 0 radical (unpaired) electrons. The number of anilines is 1. The third-order valence-electron chi connectivity index (χ3n) is 4.50. The third-order valence-corrected chi connectivity index (χ3v) is 4.50. The molecule has 0 unspecified atom stereocenters. The van der Waals surface area contributed by atoms with Gasteiger partial charge in [0.25, 0.3) is 0 Å². The number of nitrogens with zero attached hydrogens (tertiary/aromatic N) is 1. The number of amides is 1. The second kappa shape index (κ2) is 8.45. The van der Waals surface area contributed by atoms with Gasteiger partial charge in [-0.2, -0.15) is 0 Å².